The van der Waals surface area contributed by atoms with E-state index in [1.165, 1.54) is 6.07 Å². The molecule has 0 aliphatic carbocycles. The summed E-state index contributed by atoms with van der Waals surface area (Å²) in [6.07, 6.45) is 3.67. The normalized spacial score (nSPS) is 14.8. The van der Waals surface area contributed by atoms with Gasteiger partial charge in [0.25, 0.3) is 5.56 Å². The van der Waals surface area contributed by atoms with Gasteiger partial charge in [0.15, 0.2) is 0 Å². The van der Waals surface area contributed by atoms with Crippen LogP contribution in [0.1, 0.15) is 30.1 Å². The summed E-state index contributed by atoms with van der Waals surface area (Å²) in [4.78, 5) is 23.3. The number of piperidine rings is 1. The number of hydrogen-bond acceptors (Lipinski definition) is 5. The minimum atomic E-state index is -0.110. The summed E-state index contributed by atoms with van der Waals surface area (Å²) >= 11 is 12.6. The summed E-state index contributed by atoms with van der Waals surface area (Å²) in [5.41, 5.74) is 3.12. The molecule has 0 spiro atoms. The van der Waals surface area contributed by atoms with E-state index in [9.17, 15) is 4.79 Å². The van der Waals surface area contributed by atoms with Crippen LogP contribution in [0.2, 0.25) is 10.0 Å². The summed E-state index contributed by atoms with van der Waals surface area (Å²) in [6.45, 7) is 5.78. The predicted molar refractivity (Wildman–Crippen MR) is 124 cm³/mol. The molecule has 3 heterocycles. The first kappa shape index (κ1) is 21.8. The smallest absolute Gasteiger partial charge is 0.258 e. The number of rotatable bonds is 5. The Balaban J connectivity index is 1.40. The molecule has 0 atom stereocenters. The standard InChI is InChI=1S/C23H24Cl2N4O2/c1-15-11-23(30)29(16(2)27-15)19-3-4-22(21(25)13-19)28-9-6-20(7-10-28)31-14-18-12-17(24)5-8-26-18/h3-5,8,11-13,20H,6-7,9-10,14H2,1-2H3. The van der Waals surface area contributed by atoms with Gasteiger partial charge < -0.3 is 9.64 Å². The molecule has 1 fully saturated rings. The lowest BCUT2D eigenvalue weighted by atomic mass is 10.1. The van der Waals surface area contributed by atoms with Crippen LogP contribution < -0.4 is 10.5 Å². The molecule has 162 valence electrons. The molecule has 6 nitrogen and oxygen atoms in total. The summed E-state index contributed by atoms with van der Waals surface area (Å²) in [5.74, 6) is 0.640. The molecular weight excluding hydrogens is 435 g/mol. The SMILES string of the molecule is Cc1cc(=O)n(-c2ccc(N3CCC(OCc4cc(Cl)ccn4)CC3)c(Cl)c2)c(C)n1. The number of benzene rings is 1. The van der Waals surface area contributed by atoms with Crippen molar-refractivity contribution in [3.63, 3.8) is 0 Å². The first-order valence-corrected chi connectivity index (χ1v) is 11.0. The molecule has 0 N–H and O–H groups in total. The summed E-state index contributed by atoms with van der Waals surface area (Å²) in [5, 5.41) is 1.28. The Morgan fingerprint density at radius 2 is 1.87 bits per heavy atom. The van der Waals surface area contributed by atoms with Crippen LogP contribution >= 0.6 is 23.2 Å². The molecule has 0 saturated carbocycles. The highest BCUT2D eigenvalue weighted by atomic mass is 35.5. The first-order chi connectivity index (χ1) is 14.9. The van der Waals surface area contributed by atoms with Gasteiger partial charge in [-0.1, -0.05) is 23.2 Å². The van der Waals surface area contributed by atoms with Crippen molar-refractivity contribution in [3.8, 4) is 5.69 Å². The lowest BCUT2D eigenvalue weighted by Gasteiger charge is -2.34. The van der Waals surface area contributed by atoms with Gasteiger partial charge in [-0.2, -0.15) is 0 Å². The van der Waals surface area contributed by atoms with Crippen LogP contribution in [0.3, 0.4) is 0 Å². The summed E-state index contributed by atoms with van der Waals surface area (Å²) in [6, 6.07) is 10.8. The second kappa shape index (κ2) is 9.39. The van der Waals surface area contributed by atoms with E-state index in [0.29, 0.717) is 28.2 Å². The molecule has 31 heavy (non-hydrogen) atoms. The fourth-order valence-electron chi connectivity index (χ4n) is 3.94. The topological polar surface area (TPSA) is 60.2 Å². The summed E-state index contributed by atoms with van der Waals surface area (Å²) < 4.78 is 7.60. The second-order valence-electron chi connectivity index (χ2n) is 7.72. The highest BCUT2D eigenvalue weighted by Gasteiger charge is 2.22. The van der Waals surface area contributed by atoms with Crippen molar-refractivity contribution in [2.24, 2.45) is 0 Å². The molecule has 3 aromatic rings. The molecule has 1 aromatic carbocycles. The Kier molecular flexibility index (Phi) is 6.60. The van der Waals surface area contributed by atoms with E-state index in [0.717, 1.165) is 43.0 Å². The summed E-state index contributed by atoms with van der Waals surface area (Å²) in [7, 11) is 0. The number of ether oxygens (including phenoxy) is 1. The maximum atomic E-state index is 12.4. The van der Waals surface area contributed by atoms with Crippen molar-refractivity contribution >= 4 is 28.9 Å². The van der Waals surface area contributed by atoms with E-state index < -0.39 is 0 Å². The predicted octanol–water partition coefficient (Wildman–Crippen LogP) is 4.74. The van der Waals surface area contributed by atoms with E-state index in [1.807, 2.05) is 38.1 Å². The third-order valence-electron chi connectivity index (χ3n) is 5.43. The fraction of sp³-hybridized carbons (Fsp3) is 0.348. The fourth-order valence-corrected chi connectivity index (χ4v) is 4.42. The average Bonchev–Trinajstić information content (AvgIpc) is 2.72. The number of halogens is 2. The van der Waals surface area contributed by atoms with E-state index >= 15 is 0 Å². The molecule has 0 unspecified atom stereocenters. The zero-order valence-electron chi connectivity index (χ0n) is 17.5. The minimum Gasteiger partial charge on any atom is -0.372 e. The number of aryl methyl sites for hydroxylation is 2. The molecule has 0 radical (unpaired) electrons. The molecule has 0 bridgehead atoms. The highest BCUT2D eigenvalue weighted by molar-refractivity contribution is 6.33. The monoisotopic (exact) mass is 458 g/mol. The highest BCUT2D eigenvalue weighted by Crippen LogP contribution is 2.31. The lowest BCUT2D eigenvalue weighted by molar-refractivity contribution is 0.0234. The van der Waals surface area contributed by atoms with Gasteiger partial charge in [0.2, 0.25) is 0 Å². The quantitative estimate of drug-likeness (QED) is 0.552. The van der Waals surface area contributed by atoms with Crippen molar-refractivity contribution in [1.82, 2.24) is 14.5 Å². The van der Waals surface area contributed by atoms with Gasteiger partial charge >= 0.3 is 0 Å². The number of pyridine rings is 1. The van der Waals surface area contributed by atoms with Gasteiger partial charge in [-0.3, -0.25) is 14.3 Å². The van der Waals surface area contributed by atoms with E-state index in [1.54, 1.807) is 16.8 Å². The van der Waals surface area contributed by atoms with Crippen molar-refractivity contribution in [2.75, 3.05) is 18.0 Å². The average molecular weight is 459 g/mol. The molecule has 1 aliphatic rings. The van der Waals surface area contributed by atoms with Crippen molar-refractivity contribution in [1.29, 1.82) is 0 Å². The molecular formula is C23H24Cl2N4O2. The molecule has 4 rings (SSSR count). The van der Waals surface area contributed by atoms with Crippen LogP contribution in [0, 0.1) is 13.8 Å². The molecule has 2 aromatic heterocycles. The molecule has 0 amide bonds. The Morgan fingerprint density at radius 3 is 2.55 bits per heavy atom. The third kappa shape index (κ3) is 5.09. The van der Waals surface area contributed by atoms with Crippen LogP contribution in [0.4, 0.5) is 5.69 Å². The minimum absolute atomic E-state index is 0.110. The molecule has 1 aliphatic heterocycles. The Hall–Kier alpha value is -2.41. The number of nitrogens with zero attached hydrogens (tertiary/aromatic N) is 4. The largest absolute Gasteiger partial charge is 0.372 e. The van der Waals surface area contributed by atoms with Gasteiger partial charge in [0.1, 0.15) is 5.82 Å². The van der Waals surface area contributed by atoms with Gasteiger partial charge in [0.05, 0.1) is 34.8 Å². The van der Waals surface area contributed by atoms with Gasteiger partial charge in [-0.25, -0.2) is 4.98 Å². The van der Waals surface area contributed by atoms with Crippen LogP contribution in [0.15, 0.2) is 47.4 Å². The number of aromatic nitrogens is 3. The van der Waals surface area contributed by atoms with Gasteiger partial charge in [0, 0.05) is 36.1 Å². The Bertz CT molecular complexity index is 1140. The first-order valence-electron chi connectivity index (χ1n) is 10.2. The van der Waals surface area contributed by atoms with Crippen LogP contribution in [0.25, 0.3) is 5.69 Å². The zero-order valence-corrected chi connectivity index (χ0v) is 19.0. The van der Waals surface area contributed by atoms with Crippen molar-refractivity contribution in [3.05, 3.63) is 80.2 Å². The molecule has 8 heteroatoms. The van der Waals surface area contributed by atoms with E-state index in [2.05, 4.69) is 14.9 Å². The van der Waals surface area contributed by atoms with E-state index in [4.69, 9.17) is 27.9 Å². The van der Waals surface area contributed by atoms with Crippen LogP contribution in [-0.4, -0.2) is 33.7 Å². The third-order valence-corrected chi connectivity index (χ3v) is 5.97. The second-order valence-corrected chi connectivity index (χ2v) is 8.56. The van der Waals surface area contributed by atoms with Crippen LogP contribution in [0.5, 0.6) is 0 Å². The number of anilines is 1. The zero-order chi connectivity index (χ0) is 22.0. The van der Waals surface area contributed by atoms with Gasteiger partial charge in [-0.15, -0.1) is 0 Å². The maximum Gasteiger partial charge on any atom is 0.258 e. The lowest BCUT2D eigenvalue weighted by Crippen LogP contribution is -2.37. The van der Waals surface area contributed by atoms with Gasteiger partial charge in [-0.05, 0) is 57.0 Å². The van der Waals surface area contributed by atoms with Crippen molar-refractivity contribution in [2.45, 2.75) is 39.4 Å². The Labute approximate surface area is 191 Å². The van der Waals surface area contributed by atoms with Crippen molar-refractivity contribution < 1.29 is 4.74 Å². The Morgan fingerprint density at radius 1 is 1.10 bits per heavy atom. The number of hydrogen-bond donors (Lipinski definition) is 0. The van der Waals surface area contributed by atoms with E-state index in [-0.39, 0.29) is 11.7 Å². The molecule has 1 saturated heterocycles. The maximum absolute atomic E-state index is 12.4. The van der Waals surface area contributed by atoms with Crippen LogP contribution in [-0.2, 0) is 11.3 Å².